The van der Waals surface area contributed by atoms with Crippen molar-refractivity contribution in [1.82, 2.24) is 30.2 Å². The molecular weight excluding hydrogens is 813 g/mol. The number of hydrogen-bond acceptors (Lipinski definition) is 10. The number of nitrogens with one attached hydrogen (secondary N) is 2. The minimum absolute atomic E-state index is 0.0683. The van der Waals surface area contributed by atoms with Crippen LogP contribution in [0.15, 0.2) is 48.5 Å². The van der Waals surface area contributed by atoms with Gasteiger partial charge in [-0.15, -0.1) is 0 Å². The highest BCUT2D eigenvalue weighted by atomic mass is 16.5. The predicted octanol–water partition coefficient (Wildman–Crippen LogP) is 3.39. The van der Waals surface area contributed by atoms with Crippen molar-refractivity contribution in [1.29, 1.82) is 0 Å². The minimum atomic E-state index is -1.56. The fraction of sp³-hybridized carbons (Fsp3) is 0.565. The molecule has 2 aromatic rings. The molecule has 1 aliphatic heterocycles. The lowest BCUT2D eigenvalue weighted by atomic mass is 9.84. The third-order valence-corrected chi connectivity index (χ3v) is 12.8. The van der Waals surface area contributed by atoms with E-state index in [1.807, 2.05) is 62.4 Å². The van der Waals surface area contributed by atoms with Crippen molar-refractivity contribution in [2.75, 3.05) is 54.5 Å². The summed E-state index contributed by atoms with van der Waals surface area (Å²) in [7, 11) is 5.45. The minimum Gasteiger partial charge on any atom is -0.480 e. The number of nitrogens with zero attached hydrogens (tertiary/aromatic N) is 4. The van der Waals surface area contributed by atoms with Crippen molar-refractivity contribution in [3.8, 4) is 11.1 Å². The van der Waals surface area contributed by atoms with Gasteiger partial charge in [0.2, 0.25) is 29.5 Å². The van der Waals surface area contributed by atoms with E-state index in [1.165, 1.54) is 35.8 Å². The number of esters is 1. The SMILES string of the molecule is CC[C@H](C)[C@H](NC(=O)OCC1c2ccccc2-c2ccccc21)C(=O)N(C)CC(=O)N1CC[C@H]1C(=O)N(C)[C@@H](CC1CCCCC1)C(=O)N(C)CC(=O)N[C@@H](CC(=O)OC)C(=O)O. The van der Waals surface area contributed by atoms with Crippen molar-refractivity contribution in [3.05, 3.63) is 59.7 Å². The molecule has 1 saturated carbocycles. The fourth-order valence-corrected chi connectivity index (χ4v) is 8.79. The summed E-state index contributed by atoms with van der Waals surface area (Å²) in [5.74, 6) is -5.38. The zero-order valence-corrected chi connectivity index (χ0v) is 37.2. The Labute approximate surface area is 368 Å². The molecule has 0 spiro atoms. The number of aliphatic carboxylic acids is 1. The van der Waals surface area contributed by atoms with Gasteiger partial charge in [0.05, 0.1) is 26.6 Å². The number of carbonyl (C=O) groups is 8. The zero-order valence-electron chi connectivity index (χ0n) is 37.2. The molecule has 2 fully saturated rings. The van der Waals surface area contributed by atoms with E-state index in [1.54, 1.807) is 0 Å². The van der Waals surface area contributed by atoms with Crippen LogP contribution in [0, 0.1) is 11.8 Å². The van der Waals surface area contributed by atoms with Crippen LogP contribution >= 0.6 is 0 Å². The number of likely N-dealkylation sites (N-methyl/N-ethyl adjacent to an activating group) is 3. The maximum atomic E-state index is 14.1. The first-order valence-electron chi connectivity index (χ1n) is 21.8. The lowest BCUT2D eigenvalue weighted by Gasteiger charge is -2.44. The van der Waals surface area contributed by atoms with Gasteiger partial charge >= 0.3 is 18.0 Å². The molecule has 17 heteroatoms. The molecule has 0 bridgehead atoms. The second-order valence-corrected chi connectivity index (χ2v) is 17.1. The van der Waals surface area contributed by atoms with Crippen molar-refractivity contribution in [3.63, 3.8) is 0 Å². The van der Waals surface area contributed by atoms with E-state index in [-0.39, 0.29) is 37.5 Å². The molecule has 1 heterocycles. The van der Waals surface area contributed by atoms with Gasteiger partial charge in [0.25, 0.3) is 0 Å². The first kappa shape index (κ1) is 48.0. The lowest BCUT2D eigenvalue weighted by molar-refractivity contribution is -0.158. The van der Waals surface area contributed by atoms with E-state index in [0.717, 1.165) is 66.4 Å². The third kappa shape index (κ3) is 11.7. The Morgan fingerprint density at radius 1 is 0.825 bits per heavy atom. The smallest absolute Gasteiger partial charge is 0.407 e. The number of carboxylic acid groups (broad SMARTS) is 1. The fourth-order valence-electron chi connectivity index (χ4n) is 8.79. The number of rotatable bonds is 19. The zero-order chi connectivity index (χ0) is 46.0. The second kappa shape index (κ2) is 21.9. The van der Waals surface area contributed by atoms with E-state index in [0.29, 0.717) is 19.3 Å². The molecule has 342 valence electrons. The standard InChI is InChI=1S/C46H62N6O11/c1-7-28(2)41(48-46(61)63-27-34-32-19-13-11-17-30(32)31-18-12-14-20-33(31)34)44(58)50(4)26-39(54)52-22-21-36(52)43(57)51(5)37(23-29-15-9-8-10-16-29)42(56)49(3)25-38(53)47-35(45(59)60)24-40(55)62-6/h11-14,17-20,28-29,34-37,41H,7-10,15-16,21-27H2,1-6H3,(H,47,53)(H,48,61)(H,59,60)/t28-,35-,36-,37-,41-/m0/s1. The number of amides is 6. The number of carboxylic acids is 1. The van der Waals surface area contributed by atoms with Gasteiger partial charge in [-0.1, -0.05) is 101 Å². The predicted molar refractivity (Wildman–Crippen MR) is 231 cm³/mol. The maximum Gasteiger partial charge on any atom is 0.407 e. The largest absolute Gasteiger partial charge is 0.480 e. The van der Waals surface area contributed by atoms with Crippen molar-refractivity contribution in [2.45, 2.75) is 102 Å². The Morgan fingerprint density at radius 3 is 1.98 bits per heavy atom. The number of likely N-dealkylation sites (tertiary alicyclic amines) is 1. The topological polar surface area (TPSA) is 212 Å². The third-order valence-electron chi connectivity index (χ3n) is 12.8. The van der Waals surface area contributed by atoms with Crippen LogP contribution in [0.2, 0.25) is 0 Å². The van der Waals surface area contributed by atoms with Crippen LogP contribution in [0.25, 0.3) is 11.1 Å². The molecule has 1 saturated heterocycles. The van der Waals surface area contributed by atoms with E-state index in [2.05, 4.69) is 15.4 Å². The number of carbonyl (C=O) groups excluding carboxylic acids is 7. The molecule has 17 nitrogen and oxygen atoms in total. The van der Waals surface area contributed by atoms with Crippen molar-refractivity contribution < 1.29 is 52.9 Å². The Hall–Kier alpha value is -6.00. The summed E-state index contributed by atoms with van der Waals surface area (Å²) in [6.45, 7) is 3.16. The molecule has 0 aromatic heterocycles. The first-order valence-corrected chi connectivity index (χ1v) is 21.8. The lowest BCUT2D eigenvalue weighted by Crippen LogP contribution is -2.63. The van der Waals surface area contributed by atoms with Crippen LogP contribution < -0.4 is 10.6 Å². The van der Waals surface area contributed by atoms with Crippen LogP contribution in [0.4, 0.5) is 4.79 Å². The molecule has 5 atom stereocenters. The van der Waals surface area contributed by atoms with Crippen LogP contribution in [-0.4, -0.2) is 151 Å². The van der Waals surface area contributed by atoms with Crippen LogP contribution in [-0.2, 0) is 43.0 Å². The Bertz CT molecular complexity index is 1980. The molecule has 63 heavy (non-hydrogen) atoms. The van der Waals surface area contributed by atoms with Gasteiger partial charge in [0.15, 0.2) is 0 Å². The summed E-state index contributed by atoms with van der Waals surface area (Å²) in [6.07, 6.45) is 4.63. The highest BCUT2D eigenvalue weighted by molar-refractivity contribution is 5.96. The molecule has 3 N–H and O–H groups in total. The summed E-state index contributed by atoms with van der Waals surface area (Å²) in [6, 6.07) is 11.5. The molecule has 3 aliphatic rings. The monoisotopic (exact) mass is 874 g/mol. The summed E-state index contributed by atoms with van der Waals surface area (Å²) >= 11 is 0. The van der Waals surface area contributed by atoms with Gasteiger partial charge in [-0.05, 0) is 46.9 Å². The molecular formula is C46H62N6O11. The average Bonchev–Trinajstić information content (AvgIpc) is 3.58. The highest BCUT2D eigenvalue weighted by Gasteiger charge is 2.43. The second-order valence-electron chi connectivity index (χ2n) is 17.1. The number of hydrogen-bond donors (Lipinski definition) is 3. The Morgan fingerprint density at radius 2 is 1.43 bits per heavy atom. The van der Waals surface area contributed by atoms with Gasteiger partial charge < -0.3 is 44.8 Å². The molecule has 2 aliphatic carbocycles. The summed E-state index contributed by atoms with van der Waals surface area (Å²) in [4.78, 5) is 110. The quantitative estimate of drug-likeness (QED) is 0.174. The summed E-state index contributed by atoms with van der Waals surface area (Å²) in [5, 5.41) is 14.5. The van der Waals surface area contributed by atoms with Crippen molar-refractivity contribution in [2.24, 2.45) is 11.8 Å². The van der Waals surface area contributed by atoms with E-state index < -0.39 is 84.7 Å². The number of fused-ring (bicyclic) bond motifs is 3. The molecule has 2 aromatic carbocycles. The molecule has 0 unspecified atom stereocenters. The maximum absolute atomic E-state index is 14.1. The van der Waals surface area contributed by atoms with Gasteiger partial charge in [-0.2, -0.15) is 0 Å². The Kier molecular flexibility index (Phi) is 16.7. The first-order chi connectivity index (χ1) is 30.1. The van der Waals surface area contributed by atoms with Gasteiger partial charge in [-0.3, -0.25) is 28.8 Å². The average molecular weight is 875 g/mol. The summed E-state index contributed by atoms with van der Waals surface area (Å²) < 4.78 is 10.3. The summed E-state index contributed by atoms with van der Waals surface area (Å²) in [5.41, 5.74) is 4.28. The Balaban J connectivity index is 1.19. The molecule has 0 radical (unpaired) electrons. The van der Waals surface area contributed by atoms with E-state index >= 15 is 0 Å². The number of alkyl carbamates (subject to hydrolysis) is 1. The van der Waals surface area contributed by atoms with E-state index in [4.69, 9.17) is 4.74 Å². The number of benzene rings is 2. The van der Waals surface area contributed by atoms with Crippen LogP contribution in [0.3, 0.4) is 0 Å². The van der Waals surface area contributed by atoms with Crippen LogP contribution in [0.1, 0.15) is 88.7 Å². The molecule has 5 rings (SSSR count). The number of ether oxygens (including phenoxy) is 2. The number of methoxy groups -OCH3 is 1. The highest BCUT2D eigenvalue weighted by Crippen LogP contribution is 2.44. The molecule has 6 amide bonds. The van der Waals surface area contributed by atoms with Crippen LogP contribution in [0.5, 0.6) is 0 Å². The van der Waals surface area contributed by atoms with E-state index in [9.17, 15) is 43.5 Å². The van der Waals surface area contributed by atoms with Gasteiger partial charge in [-0.25, -0.2) is 9.59 Å². The van der Waals surface area contributed by atoms with Crippen molar-refractivity contribution >= 4 is 47.6 Å². The normalized spacial score (nSPS) is 17.6. The van der Waals surface area contributed by atoms with Gasteiger partial charge in [0.1, 0.15) is 30.8 Å². The van der Waals surface area contributed by atoms with Gasteiger partial charge in [0, 0.05) is 33.6 Å².